The highest BCUT2D eigenvalue weighted by atomic mass is 19.1. The number of aromatic nitrogens is 2. The molecule has 1 aromatic heterocycles. The van der Waals surface area contributed by atoms with Gasteiger partial charge in [-0.3, -0.25) is 4.68 Å². The van der Waals surface area contributed by atoms with E-state index in [2.05, 4.69) is 5.10 Å². The van der Waals surface area contributed by atoms with Gasteiger partial charge in [-0.2, -0.15) is 5.10 Å². The monoisotopic (exact) mass is 247 g/mol. The lowest BCUT2D eigenvalue weighted by molar-refractivity contribution is 0.454. The fourth-order valence-corrected chi connectivity index (χ4v) is 2.15. The molecule has 0 aliphatic heterocycles. The van der Waals surface area contributed by atoms with Gasteiger partial charge in [-0.1, -0.05) is 12.1 Å². The Bertz CT molecular complexity index is 531. The highest BCUT2D eigenvalue weighted by Crippen LogP contribution is 2.16. The third kappa shape index (κ3) is 3.40. The fourth-order valence-electron chi connectivity index (χ4n) is 2.15. The molecule has 0 radical (unpaired) electrons. The quantitative estimate of drug-likeness (QED) is 0.898. The smallest absolute Gasteiger partial charge is 0.123 e. The number of nitrogens with zero attached hydrogens (tertiary/aromatic N) is 2. The van der Waals surface area contributed by atoms with Crippen molar-refractivity contribution in [2.45, 2.75) is 25.3 Å². The molecule has 0 aliphatic carbocycles. The highest BCUT2D eigenvalue weighted by Gasteiger charge is 2.21. The molecule has 1 atom stereocenters. The highest BCUT2D eigenvalue weighted by molar-refractivity contribution is 5.20. The molecule has 2 rings (SSSR count). The fraction of sp³-hybridized carbons (Fsp3) is 0.357. The van der Waals surface area contributed by atoms with Crippen LogP contribution in [0.3, 0.4) is 0 Å². The second-order valence-corrected chi connectivity index (χ2v) is 5.12. The summed E-state index contributed by atoms with van der Waals surface area (Å²) in [6.07, 6.45) is 3.19. The SMILES string of the molecule is Cn1ccc(CC(C)(N)Cc2cccc(F)c2)n1. The Morgan fingerprint density at radius 2 is 2.11 bits per heavy atom. The molecule has 4 heteroatoms. The molecule has 0 saturated carbocycles. The van der Waals surface area contributed by atoms with Gasteiger partial charge in [-0.25, -0.2) is 4.39 Å². The molecule has 1 heterocycles. The van der Waals surface area contributed by atoms with Crippen LogP contribution in [0.4, 0.5) is 4.39 Å². The van der Waals surface area contributed by atoms with E-state index in [0.29, 0.717) is 12.8 Å². The maximum Gasteiger partial charge on any atom is 0.123 e. The van der Waals surface area contributed by atoms with Crippen LogP contribution in [-0.2, 0) is 19.9 Å². The topological polar surface area (TPSA) is 43.8 Å². The van der Waals surface area contributed by atoms with Crippen molar-refractivity contribution in [2.75, 3.05) is 0 Å². The molecule has 2 N–H and O–H groups in total. The lowest BCUT2D eigenvalue weighted by atomic mass is 9.89. The summed E-state index contributed by atoms with van der Waals surface area (Å²) in [5, 5.41) is 4.32. The third-order valence-electron chi connectivity index (χ3n) is 2.85. The summed E-state index contributed by atoms with van der Waals surface area (Å²) in [5.74, 6) is -0.221. The van der Waals surface area contributed by atoms with Gasteiger partial charge in [0.25, 0.3) is 0 Å². The van der Waals surface area contributed by atoms with Crippen molar-refractivity contribution in [3.63, 3.8) is 0 Å². The van der Waals surface area contributed by atoms with Crippen LogP contribution in [0.15, 0.2) is 36.5 Å². The van der Waals surface area contributed by atoms with Gasteiger partial charge in [0.05, 0.1) is 5.69 Å². The van der Waals surface area contributed by atoms with Crippen molar-refractivity contribution in [2.24, 2.45) is 12.8 Å². The molecular weight excluding hydrogens is 229 g/mol. The Morgan fingerprint density at radius 1 is 1.33 bits per heavy atom. The van der Waals surface area contributed by atoms with Crippen LogP contribution in [0.1, 0.15) is 18.2 Å². The summed E-state index contributed by atoms with van der Waals surface area (Å²) < 4.78 is 14.9. The molecule has 0 amide bonds. The van der Waals surface area contributed by atoms with Crippen molar-refractivity contribution in [1.82, 2.24) is 9.78 Å². The van der Waals surface area contributed by atoms with Crippen molar-refractivity contribution in [3.8, 4) is 0 Å². The summed E-state index contributed by atoms with van der Waals surface area (Å²) in [6, 6.07) is 8.53. The van der Waals surface area contributed by atoms with Crippen molar-refractivity contribution in [1.29, 1.82) is 0 Å². The van der Waals surface area contributed by atoms with E-state index in [-0.39, 0.29) is 5.82 Å². The lowest BCUT2D eigenvalue weighted by Gasteiger charge is -2.23. The normalized spacial score (nSPS) is 14.4. The van der Waals surface area contributed by atoms with Crippen molar-refractivity contribution >= 4 is 0 Å². The third-order valence-corrected chi connectivity index (χ3v) is 2.85. The predicted octanol–water partition coefficient (Wildman–Crippen LogP) is 2.06. The number of hydrogen-bond acceptors (Lipinski definition) is 2. The van der Waals surface area contributed by atoms with Gasteiger partial charge < -0.3 is 5.73 Å². The van der Waals surface area contributed by atoms with E-state index in [1.54, 1.807) is 10.7 Å². The summed E-state index contributed by atoms with van der Waals surface area (Å²) >= 11 is 0. The standard InChI is InChI=1S/C14H18FN3/c1-14(16,10-13-6-7-18(2)17-13)9-11-4-3-5-12(15)8-11/h3-8H,9-10,16H2,1-2H3. The van der Waals surface area contributed by atoms with Gasteiger partial charge in [0.2, 0.25) is 0 Å². The first kappa shape index (κ1) is 12.8. The largest absolute Gasteiger partial charge is 0.325 e. The zero-order valence-corrected chi connectivity index (χ0v) is 10.7. The van der Waals surface area contributed by atoms with Gasteiger partial charge in [0, 0.05) is 25.2 Å². The molecule has 96 valence electrons. The summed E-state index contributed by atoms with van der Waals surface area (Å²) in [4.78, 5) is 0. The number of nitrogens with two attached hydrogens (primary N) is 1. The Kier molecular flexibility index (Phi) is 3.48. The first-order valence-corrected chi connectivity index (χ1v) is 5.96. The van der Waals surface area contributed by atoms with E-state index in [1.165, 1.54) is 12.1 Å². The minimum Gasteiger partial charge on any atom is -0.325 e. The molecule has 18 heavy (non-hydrogen) atoms. The van der Waals surface area contributed by atoms with Crippen LogP contribution in [0.2, 0.25) is 0 Å². The van der Waals surface area contributed by atoms with Crippen molar-refractivity contribution < 1.29 is 4.39 Å². The minimum atomic E-state index is -0.428. The first-order valence-electron chi connectivity index (χ1n) is 5.96. The Hall–Kier alpha value is -1.68. The Labute approximate surface area is 106 Å². The van der Waals surface area contributed by atoms with Crippen molar-refractivity contribution in [3.05, 3.63) is 53.6 Å². The molecule has 1 aromatic carbocycles. The predicted molar refractivity (Wildman–Crippen MR) is 69.6 cm³/mol. The molecule has 0 bridgehead atoms. The number of benzene rings is 1. The van der Waals surface area contributed by atoms with Gasteiger partial charge in [-0.15, -0.1) is 0 Å². The van der Waals surface area contributed by atoms with E-state index in [9.17, 15) is 4.39 Å². The molecule has 0 spiro atoms. The van der Waals surface area contributed by atoms with Crippen LogP contribution in [0.5, 0.6) is 0 Å². The maximum atomic E-state index is 13.1. The molecule has 0 aliphatic rings. The van der Waals surface area contributed by atoms with E-state index in [1.807, 2.05) is 32.3 Å². The zero-order chi connectivity index (χ0) is 13.2. The molecule has 3 nitrogen and oxygen atoms in total. The number of halogens is 1. The van der Waals surface area contributed by atoms with E-state index >= 15 is 0 Å². The summed E-state index contributed by atoms with van der Waals surface area (Å²) in [7, 11) is 1.88. The van der Waals surface area contributed by atoms with Crippen LogP contribution >= 0.6 is 0 Å². The lowest BCUT2D eigenvalue weighted by Crippen LogP contribution is -2.41. The van der Waals surface area contributed by atoms with Crippen LogP contribution < -0.4 is 5.73 Å². The molecule has 0 saturated heterocycles. The average molecular weight is 247 g/mol. The summed E-state index contributed by atoms with van der Waals surface area (Å²) in [5.41, 5.74) is 7.71. The number of aryl methyl sites for hydroxylation is 1. The van der Waals surface area contributed by atoms with Crippen LogP contribution in [0.25, 0.3) is 0 Å². The second kappa shape index (κ2) is 4.90. The molecule has 0 fully saturated rings. The van der Waals surface area contributed by atoms with Gasteiger partial charge >= 0.3 is 0 Å². The molecule has 2 aromatic rings. The average Bonchev–Trinajstić information content (AvgIpc) is 2.62. The van der Waals surface area contributed by atoms with E-state index < -0.39 is 5.54 Å². The number of rotatable bonds is 4. The first-order chi connectivity index (χ1) is 8.44. The minimum absolute atomic E-state index is 0.221. The molecule has 1 unspecified atom stereocenters. The maximum absolute atomic E-state index is 13.1. The van der Waals surface area contributed by atoms with E-state index in [4.69, 9.17) is 5.73 Å². The van der Waals surface area contributed by atoms with Gasteiger partial charge in [0.1, 0.15) is 5.82 Å². The Morgan fingerprint density at radius 3 is 2.72 bits per heavy atom. The van der Waals surface area contributed by atoms with Gasteiger partial charge in [-0.05, 0) is 37.1 Å². The Balaban J connectivity index is 2.07. The zero-order valence-electron chi connectivity index (χ0n) is 10.7. The van der Waals surface area contributed by atoms with E-state index in [0.717, 1.165) is 11.3 Å². The molecular formula is C14H18FN3. The second-order valence-electron chi connectivity index (χ2n) is 5.12. The van der Waals surface area contributed by atoms with Crippen LogP contribution in [-0.4, -0.2) is 15.3 Å². The van der Waals surface area contributed by atoms with Crippen LogP contribution in [0, 0.1) is 5.82 Å². The number of hydrogen-bond donors (Lipinski definition) is 1. The summed E-state index contributed by atoms with van der Waals surface area (Å²) in [6.45, 7) is 1.96. The van der Waals surface area contributed by atoms with Gasteiger partial charge in [0.15, 0.2) is 0 Å².